The van der Waals surface area contributed by atoms with Crippen LogP contribution in [0.25, 0.3) is 0 Å². The number of rotatable bonds is 2. The van der Waals surface area contributed by atoms with Crippen molar-refractivity contribution in [3.8, 4) is 0 Å². The highest BCUT2D eigenvalue weighted by atomic mass is 32.2. The Labute approximate surface area is 89.5 Å². The van der Waals surface area contributed by atoms with E-state index < -0.39 is 0 Å². The van der Waals surface area contributed by atoms with Gasteiger partial charge in [0.1, 0.15) is 10.9 Å². The molecule has 0 aromatic carbocycles. The van der Waals surface area contributed by atoms with E-state index in [9.17, 15) is 0 Å². The molecule has 1 heterocycles. The molecule has 0 aliphatic rings. The second kappa shape index (κ2) is 4.28. The number of nitrogens with two attached hydrogens (primary N) is 1. The molecule has 0 saturated carbocycles. The van der Waals surface area contributed by atoms with E-state index in [-0.39, 0.29) is 5.41 Å². The van der Waals surface area contributed by atoms with Crippen molar-refractivity contribution in [1.29, 1.82) is 0 Å². The van der Waals surface area contributed by atoms with Gasteiger partial charge in [-0.15, -0.1) is 11.8 Å². The number of aromatic nitrogens is 2. The maximum atomic E-state index is 5.59. The van der Waals surface area contributed by atoms with Crippen LogP contribution in [0.1, 0.15) is 32.2 Å². The third-order valence-electron chi connectivity index (χ3n) is 1.91. The molecule has 14 heavy (non-hydrogen) atoms. The standard InChI is InChI=1S/C10H17N3S/c1-10(2,3)9-12-6-7(5-11)8(13-9)14-4/h6H,5,11H2,1-4H3. The predicted molar refractivity (Wildman–Crippen MR) is 60.4 cm³/mol. The third kappa shape index (κ3) is 2.45. The third-order valence-corrected chi connectivity index (χ3v) is 2.65. The normalized spacial score (nSPS) is 11.8. The molecule has 0 unspecified atom stereocenters. The van der Waals surface area contributed by atoms with Gasteiger partial charge in [0.25, 0.3) is 0 Å². The smallest absolute Gasteiger partial charge is 0.134 e. The fraction of sp³-hybridized carbons (Fsp3) is 0.600. The van der Waals surface area contributed by atoms with E-state index in [0.717, 1.165) is 16.4 Å². The zero-order chi connectivity index (χ0) is 10.8. The van der Waals surface area contributed by atoms with Gasteiger partial charge in [0.2, 0.25) is 0 Å². The molecular formula is C10H17N3S. The summed E-state index contributed by atoms with van der Waals surface area (Å²) in [5.41, 5.74) is 6.61. The summed E-state index contributed by atoms with van der Waals surface area (Å²) >= 11 is 1.62. The van der Waals surface area contributed by atoms with Crippen molar-refractivity contribution < 1.29 is 0 Å². The SMILES string of the molecule is CSc1nc(C(C)(C)C)ncc1CN. The van der Waals surface area contributed by atoms with Crippen molar-refractivity contribution in [2.24, 2.45) is 5.73 Å². The number of nitrogens with zero attached hydrogens (tertiary/aromatic N) is 2. The van der Waals surface area contributed by atoms with Gasteiger partial charge in [0, 0.05) is 23.7 Å². The summed E-state index contributed by atoms with van der Waals surface area (Å²) in [6.07, 6.45) is 3.84. The van der Waals surface area contributed by atoms with E-state index in [2.05, 4.69) is 30.7 Å². The molecule has 0 bridgehead atoms. The van der Waals surface area contributed by atoms with Crippen LogP contribution in [-0.2, 0) is 12.0 Å². The van der Waals surface area contributed by atoms with Crippen molar-refractivity contribution in [2.75, 3.05) is 6.26 Å². The molecule has 0 saturated heterocycles. The Bertz CT molecular complexity index is 318. The van der Waals surface area contributed by atoms with E-state index >= 15 is 0 Å². The first-order valence-electron chi connectivity index (χ1n) is 4.59. The fourth-order valence-electron chi connectivity index (χ4n) is 1.07. The zero-order valence-corrected chi connectivity index (χ0v) is 9.98. The lowest BCUT2D eigenvalue weighted by molar-refractivity contribution is 0.536. The zero-order valence-electron chi connectivity index (χ0n) is 9.16. The van der Waals surface area contributed by atoms with E-state index in [1.807, 2.05) is 12.5 Å². The maximum absolute atomic E-state index is 5.59. The Morgan fingerprint density at radius 3 is 2.50 bits per heavy atom. The average Bonchev–Trinajstić information content (AvgIpc) is 2.15. The maximum Gasteiger partial charge on any atom is 0.134 e. The van der Waals surface area contributed by atoms with Crippen molar-refractivity contribution in [3.63, 3.8) is 0 Å². The Balaban J connectivity index is 3.14. The average molecular weight is 211 g/mol. The molecule has 3 nitrogen and oxygen atoms in total. The van der Waals surface area contributed by atoms with Gasteiger partial charge in [-0.3, -0.25) is 0 Å². The minimum absolute atomic E-state index is 0.00237. The minimum atomic E-state index is -0.00237. The lowest BCUT2D eigenvalue weighted by atomic mass is 9.96. The molecule has 78 valence electrons. The molecule has 0 aliphatic heterocycles. The molecule has 1 aromatic heterocycles. The number of thioether (sulfide) groups is 1. The van der Waals surface area contributed by atoms with Crippen molar-refractivity contribution >= 4 is 11.8 Å². The predicted octanol–water partition coefficient (Wildman–Crippen LogP) is 1.95. The quantitative estimate of drug-likeness (QED) is 0.600. The fourth-order valence-corrected chi connectivity index (χ4v) is 1.65. The van der Waals surface area contributed by atoms with Crippen LogP contribution < -0.4 is 5.73 Å². The molecule has 0 radical (unpaired) electrons. The Hall–Kier alpha value is -0.610. The van der Waals surface area contributed by atoms with Crippen LogP contribution >= 0.6 is 11.8 Å². The summed E-state index contributed by atoms with van der Waals surface area (Å²) in [5.74, 6) is 0.874. The number of hydrogen-bond donors (Lipinski definition) is 1. The largest absolute Gasteiger partial charge is 0.326 e. The monoisotopic (exact) mass is 211 g/mol. The van der Waals surface area contributed by atoms with Gasteiger partial charge < -0.3 is 5.73 Å². The van der Waals surface area contributed by atoms with Gasteiger partial charge in [-0.1, -0.05) is 20.8 Å². The van der Waals surface area contributed by atoms with Gasteiger partial charge in [0.05, 0.1) is 0 Å². The summed E-state index contributed by atoms with van der Waals surface area (Å²) in [6, 6.07) is 0. The van der Waals surface area contributed by atoms with Crippen LogP contribution in [0, 0.1) is 0 Å². The molecule has 0 fully saturated rings. The molecule has 4 heteroatoms. The van der Waals surface area contributed by atoms with Crippen molar-refractivity contribution in [3.05, 3.63) is 17.6 Å². The van der Waals surface area contributed by atoms with Crippen LogP contribution in [0.15, 0.2) is 11.2 Å². The van der Waals surface area contributed by atoms with E-state index in [1.54, 1.807) is 11.8 Å². The topological polar surface area (TPSA) is 51.8 Å². The molecule has 0 amide bonds. The van der Waals surface area contributed by atoms with E-state index in [4.69, 9.17) is 5.73 Å². The second-order valence-electron chi connectivity index (χ2n) is 4.18. The second-order valence-corrected chi connectivity index (χ2v) is 4.98. The lowest BCUT2D eigenvalue weighted by Crippen LogP contribution is -2.17. The highest BCUT2D eigenvalue weighted by Gasteiger charge is 2.18. The molecule has 0 spiro atoms. The first-order valence-corrected chi connectivity index (χ1v) is 5.82. The Morgan fingerprint density at radius 2 is 2.07 bits per heavy atom. The first kappa shape index (κ1) is 11.5. The number of hydrogen-bond acceptors (Lipinski definition) is 4. The molecule has 1 aromatic rings. The van der Waals surface area contributed by atoms with Crippen LogP contribution in [-0.4, -0.2) is 16.2 Å². The Morgan fingerprint density at radius 1 is 1.43 bits per heavy atom. The highest BCUT2D eigenvalue weighted by molar-refractivity contribution is 7.98. The van der Waals surface area contributed by atoms with Crippen LogP contribution in [0.3, 0.4) is 0 Å². The van der Waals surface area contributed by atoms with Gasteiger partial charge in [-0.2, -0.15) is 0 Å². The van der Waals surface area contributed by atoms with Crippen LogP contribution in [0.5, 0.6) is 0 Å². The van der Waals surface area contributed by atoms with Crippen LogP contribution in [0.4, 0.5) is 0 Å². The summed E-state index contributed by atoms with van der Waals surface area (Å²) in [7, 11) is 0. The minimum Gasteiger partial charge on any atom is -0.326 e. The summed E-state index contributed by atoms with van der Waals surface area (Å²) < 4.78 is 0. The van der Waals surface area contributed by atoms with Gasteiger partial charge in [-0.05, 0) is 6.26 Å². The van der Waals surface area contributed by atoms with Gasteiger partial charge in [-0.25, -0.2) is 9.97 Å². The summed E-state index contributed by atoms with van der Waals surface area (Å²) in [6.45, 7) is 6.82. The molecule has 2 N–H and O–H groups in total. The molecule has 0 atom stereocenters. The van der Waals surface area contributed by atoms with Gasteiger partial charge >= 0.3 is 0 Å². The van der Waals surface area contributed by atoms with Crippen molar-refractivity contribution in [1.82, 2.24) is 9.97 Å². The van der Waals surface area contributed by atoms with Crippen LogP contribution in [0.2, 0.25) is 0 Å². The van der Waals surface area contributed by atoms with E-state index in [0.29, 0.717) is 6.54 Å². The van der Waals surface area contributed by atoms with Crippen molar-refractivity contribution in [2.45, 2.75) is 37.8 Å². The molecular weight excluding hydrogens is 194 g/mol. The summed E-state index contributed by atoms with van der Waals surface area (Å²) in [4.78, 5) is 8.83. The highest BCUT2D eigenvalue weighted by Crippen LogP contribution is 2.22. The molecule has 1 rings (SSSR count). The first-order chi connectivity index (χ1) is 6.49. The van der Waals surface area contributed by atoms with Gasteiger partial charge in [0.15, 0.2) is 0 Å². The lowest BCUT2D eigenvalue weighted by Gasteiger charge is -2.17. The Kier molecular flexibility index (Phi) is 3.50. The van der Waals surface area contributed by atoms with E-state index in [1.165, 1.54) is 0 Å². The molecule has 0 aliphatic carbocycles. The summed E-state index contributed by atoms with van der Waals surface area (Å²) in [5, 5.41) is 0.993.